The van der Waals surface area contributed by atoms with Gasteiger partial charge in [-0.2, -0.15) is 5.11 Å². The van der Waals surface area contributed by atoms with Crippen LogP contribution in [0.5, 0.6) is 0 Å². The molecule has 0 aliphatic heterocycles. The second-order valence-corrected chi connectivity index (χ2v) is 6.59. The quantitative estimate of drug-likeness (QED) is 0.365. The molecular formula is C22H22N4O3. The largest absolute Gasteiger partial charge is 0.462 e. The smallest absolute Gasteiger partial charge is 0.333 e. The van der Waals surface area contributed by atoms with Gasteiger partial charge in [-0.3, -0.25) is 9.89 Å². The van der Waals surface area contributed by atoms with Crippen molar-refractivity contribution in [3.63, 3.8) is 0 Å². The molecule has 2 aromatic carbocycles. The fraction of sp³-hybridized carbons (Fsp3) is 0.182. The molecule has 1 N–H and O–H groups in total. The number of ether oxygens (including phenoxy) is 1. The minimum absolute atomic E-state index is 0.256. The summed E-state index contributed by atoms with van der Waals surface area (Å²) in [6, 6.07) is 16.7. The summed E-state index contributed by atoms with van der Waals surface area (Å²) in [5.74, 6) is -0.390. The first-order chi connectivity index (χ1) is 14.0. The van der Waals surface area contributed by atoms with Crippen LogP contribution in [0.25, 0.3) is 5.69 Å². The number of azo groups is 1. The number of H-pyrrole nitrogens is 1. The topological polar surface area (TPSA) is 88.8 Å². The summed E-state index contributed by atoms with van der Waals surface area (Å²) >= 11 is 0. The van der Waals surface area contributed by atoms with Gasteiger partial charge in [0.05, 0.1) is 23.7 Å². The molecule has 0 saturated carbocycles. The van der Waals surface area contributed by atoms with E-state index < -0.39 is 5.97 Å². The summed E-state index contributed by atoms with van der Waals surface area (Å²) in [4.78, 5) is 24.0. The molecule has 0 aliphatic rings. The van der Waals surface area contributed by atoms with E-state index in [0.29, 0.717) is 23.4 Å². The number of aromatic nitrogens is 2. The molecule has 1 heterocycles. The Morgan fingerprint density at radius 1 is 1.10 bits per heavy atom. The van der Waals surface area contributed by atoms with E-state index in [-0.39, 0.29) is 17.9 Å². The molecule has 0 radical (unpaired) electrons. The van der Waals surface area contributed by atoms with Crippen molar-refractivity contribution in [1.29, 1.82) is 0 Å². The minimum Gasteiger partial charge on any atom is -0.462 e. The standard InChI is InChI=1S/C22H22N4O3/c1-15(2)22(28)29-14-13-17-9-11-18(12-10-17)23-24-20-16(3)25-26(21(20)27)19-7-5-4-6-8-19/h4-12,25H,1,13-14H2,2-3H3. The van der Waals surface area contributed by atoms with Crippen LogP contribution in [0.4, 0.5) is 11.4 Å². The summed E-state index contributed by atoms with van der Waals surface area (Å²) in [7, 11) is 0. The molecule has 3 aromatic rings. The van der Waals surface area contributed by atoms with Crippen LogP contribution in [0.2, 0.25) is 0 Å². The number of hydrogen-bond donors (Lipinski definition) is 1. The van der Waals surface area contributed by atoms with Gasteiger partial charge in [0.15, 0.2) is 5.69 Å². The van der Waals surface area contributed by atoms with E-state index in [4.69, 9.17) is 4.74 Å². The van der Waals surface area contributed by atoms with Crippen molar-refractivity contribution < 1.29 is 9.53 Å². The number of hydrogen-bond acceptors (Lipinski definition) is 5. The lowest BCUT2D eigenvalue weighted by atomic mass is 10.1. The summed E-state index contributed by atoms with van der Waals surface area (Å²) in [5, 5.41) is 11.3. The summed E-state index contributed by atoms with van der Waals surface area (Å²) in [5.41, 5.74) is 3.39. The average Bonchev–Trinajstić information content (AvgIpc) is 3.01. The number of aryl methyl sites for hydroxylation is 1. The van der Waals surface area contributed by atoms with Crippen molar-refractivity contribution in [1.82, 2.24) is 9.78 Å². The van der Waals surface area contributed by atoms with Gasteiger partial charge >= 0.3 is 5.97 Å². The number of nitrogens with zero attached hydrogens (tertiary/aromatic N) is 3. The number of aromatic amines is 1. The summed E-state index contributed by atoms with van der Waals surface area (Å²) in [6.07, 6.45) is 0.592. The normalized spacial score (nSPS) is 11.0. The average molecular weight is 390 g/mol. The van der Waals surface area contributed by atoms with Crippen LogP contribution in [0.1, 0.15) is 18.2 Å². The highest BCUT2D eigenvalue weighted by Crippen LogP contribution is 2.19. The number of rotatable bonds is 7. The van der Waals surface area contributed by atoms with Gasteiger partial charge in [-0.05, 0) is 43.7 Å². The van der Waals surface area contributed by atoms with E-state index in [1.165, 1.54) is 4.68 Å². The second-order valence-electron chi connectivity index (χ2n) is 6.59. The number of benzene rings is 2. The zero-order valence-corrected chi connectivity index (χ0v) is 16.4. The Hall–Kier alpha value is -3.74. The molecule has 0 bridgehead atoms. The molecule has 29 heavy (non-hydrogen) atoms. The molecule has 148 valence electrons. The Morgan fingerprint density at radius 2 is 1.79 bits per heavy atom. The van der Waals surface area contributed by atoms with Gasteiger partial charge in [0, 0.05) is 12.0 Å². The van der Waals surface area contributed by atoms with Crippen molar-refractivity contribution >= 4 is 17.3 Å². The first-order valence-electron chi connectivity index (χ1n) is 9.16. The summed E-state index contributed by atoms with van der Waals surface area (Å²) in [6.45, 7) is 7.23. The van der Waals surface area contributed by atoms with Crippen LogP contribution in [0.3, 0.4) is 0 Å². The Balaban J connectivity index is 1.68. The molecular weight excluding hydrogens is 368 g/mol. The van der Waals surface area contributed by atoms with Crippen LogP contribution in [-0.4, -0.2) is 22.4 Å². The molecule has 7 heteroatoms. The highest BCUT2D eigenvalue weighted by molar-refractivity contribution is 5.86. The molecule has 7 nitrogen and oxygen atoms in total. The monoisotopic (exact) mass is 390 g/mol. The van der Waals surface area contributed by atoms with Crippen molar-refractivity contribution in [2.75, 3.05) is 6.61 Å². The van der Waals surface area contributed by atoms with E-state index in [1.54, 1.807) is 26.0 Å². The number of carbonyl (C=O) groups is 1. The van der Waals surface area contributed by atoms with E-state index in [1.807, 2.05) is 42.5 Å². The lowest BCUT2D eigenvalue weighted by Crippen LogP contribution is -2.13. The zero-order chi connectivity index (χ0) is 20.8. The van der Waals surface area contributed by atoms with Gasteiger partial charge in [0.25, 0.3) is 5.56 Å². The van der Waals surface area contributed by atoms with Gasteiger partial charge < -0.3 is 4.74 Å². The predicted octanol–water partition coefficient (Wildman–Crippen LogP) is 4.55. The Bertz CT molecular complexity index is 1090. The SMILES string of the molecule is C=C(C)C(=O)OCCc1ccc(N=Nc2c(C)[nH]n(-c3ccccc3)c2=O)cc1. The molecule has 0 amide bonds. The highest BCUT2D eigenvalue weighted by Gasteiger charge is 2.11. The van der Waals surface area contributed by atoms with Gasteiger partial charge in [0.1, 0.15) is 0 Å². The predicted molar refractivity (Wildman–Crippen MR) is 111 cm³/mol. The maximum absolute atomic E-state index is 12.6. The van der Waals surface area contributed by atoms with Gasteiger partial charge in [0.2, 0.25) is 0 Å². The fourth-order valence-corrected chi connectivity index (χ4v) is 2.64. The van der Waals surface area contributed by atoms with Gasteiger partial charge in [-0.25, -0.2) is 9.48 Å². The Morgan fingerprint density at radius 3 is 2.45 bits per heavy atom. The van der Waals surface area contributed by atoms with Crippen LogP contribution >= 0.6 is 0 Å². The second kappa shape index (κ2) is 8.97. The Kier molecular flexibility index (Phi) is 6.19. The summed E-state index contributed by atoms with van der Waals surface area (Å²) < 4.78 is 6.53. The first-order valence-corrected chi connectivity index (χ1v) is 9.16. The van der Waals surface area contributed by atoms with E-state index in [0.717, 1.165) is 11.3 Å². The third-order valence-electron chi connectivity index (χ3n) is 4.23. The highest BCUT2D eigenvalue weighted by atomic mass is 16.5. The lowest BCUT2D eigenvalue weighted by molar-refractivity contribution is -0.138. The van der Waals surface area contributed by atoms with Gasteiger partial charge in [-0.15, -0.1) is 5.11 Å². The third-order valence-corrected chi connectivity index (χ3v) is 4.23. The van der Waals surface area contributed by atoms with E-state index in [2.05, 4.69) is 21.9 Å². The molecule has 0 aliphatic carbocycles. The van der Waals surface area contributed by atoms with Crippen LogP contribution in [0.15, 0.2) is 81.8 Å². The Labute approximate surface area is 168 Å². The van der Waals surface area contributed by atoms with Crippen LogP contribution in [-0.2, 0) is 16.0 Å². The molecule has 3 rings (SSSR count). The number of para-hydroxylation sites is 1. The van der Waals surface area contributed by atoms with Gasteiger partial charge in [-0.1, -0.05) is 36.9 Å². The van der Waals surface area contributed by atoms with Crippen molar-refractivity contribution in [3.05, 3.63) is 88.4 Å². The maximum Gasteiger partial charge on any atom is 0.333 e. The molecule has 0 saturated heterocycles. The van der Waals surface area contributed by atoms with Crippen molar-refractivity contribution in [2.45, 2.75) is 20.3 Å². The molecule has 0 spiro atoms. The fourth-order valence-electron chi connectivity index (χ4n) is 2.64. The van der Waals surface area contributed by atoms with Crippen LogP contribution < -0.4 is 5.56 Å². The van der Waals surface area contributed by atoms with Crippen LogP contribution in [0, 0.1) is 6.92 Å². The third kappa shape index (κ3) is 4.95. The lowest BCUT2D eigenvalue weighted by Gasteiger charge is -2.04. The zero-order valence-electron chi connectivity index (χ0n) is 16.4. The number of esters is 1. The molecule has 0 unspecified atom stereocenters. The molecule has 1 aromatic heterocycles. The van der Waals surface area contributed by atoms with E-state index in [9.17, 15) is 9.59 Å². The van der Waals surface area contributed by atoms with Crippen molar-refractivity contribution in [3.8, 4) is 5.69 Å². The number of carbonyl (C=O) groups excluding carboxylic acids is 1. The molecule has 0 fully saturated rings. The van der Waals surface area contributed by atoms with Crippen molar-refractivity contribution in [2.24, 2.45) is 10.2 Å². The number of nitrogens with one attached hydrogen (secondary N) is 1. The minimum atomic E-state index is -0.390. The maximum atomic E-state index is 12.6. The molecule has 0 atom stereocenters. The van der Waals surface area contributed by atoms with E-state index >= 15 is 0 Å². The first kappa shape index (κ1) is 20.0.